The third-order valence-corrected chi connectivity index (χ3v) is 3.32. The number of phenols is 1. The summed E-state index contributed by atoms with van der Waals surface area (Å²) in [4.78, 5) is 11.9. The molecule has 0 amide bonds. The van der Waals surface area contributed by atoms with Gasteiger partial charge >= 0.3 is 0 Å². The predicted molar refractivity (Wildman–Crippen MR) is 81.7 cm³/mol. The van der Waals surface area contributed by atoms with Crippen molar-refractivity contribution in [1.29, 1.82) is 0 Å². The van der Waals surface area contributed by atoms with Gasteiger partial charge in [-0.1, -0.05) is 35.3 Å². The molecule has 3 nitrogen and oxygen atoms in total. The Bertz CT molecular complexity index is 669. The lowest BCUT2D eigenvalue weighted by Gasteiger charge is -2.03. The standard InChI is InChI=1S/C15H11Cl2NO2/c16-11-6-5-10(9-12(11)17)14(19)7-8-18-13-3-1-2-4-15(13)20/h1-9,18,20H/b8-7-. The van der Waals surface area contributed by atoms with Gasteiger partial charge in [-0.05, 0) is 30.3 Å². The number of anilines is 1. The number of ketones is 1. The highest BCUT2D eigenvalue weighted by Gasteiger charge is 2.05. The monoisotopic (exact) mass is 307 g/mol. The van der Waals surface area contributed by atoms with Crippen LogP contribution in [0.3, 0.4) is 0 Å². The van der Waals surface area contributed by atoms with Gasteiger partial charge in [0.1, 0.15) is 5.75 Å². The van der Waals surface area contributed by atoms with E-state index >= 15 is 0 Å². The van der Waals surface area contributed by atoms with Gasteiger partial charge in [0.2, 0.25) is 0 Å². The number of para-hydroxylation sites is 2. The SMILES string of the molecule is O=C(/C=C\Nc1ccccc1O)c1ccc(Cl)c(Cl)c1. The lowest BCUT2D eigenvalue weighted by Crippen LogP contribution is -1.96. The molecule has 0 aliphatic rings. The predicted octanol–water partition coefficient (Wildman–Crippen LogP) is 4.51. The van der Waals surface area contributed by atoms with E-state index in [0.29, 0.717) is 21.3 Å². The van der Waals surface area contributed by atoms with Gasteiger partial charge in [-0.3, -0.25) is 4.79 Å². The van der Waals surface area contributed by atoms with Crippen LogP contribution in [0.4, 0.5) is 5.69 Å². The number of benzene rings is 2. The highest BCUT2D eigenvalue weighted by atomic mass is 35.5. The minimum absolute atomic E-state index is 0.110. The lowest BCUT2D eigenvalue weighted by atomic mass is 10.1. The zero-order valence-corrected chi connectivity index (χ0v) is 11.8. The van der Waals surface area contributed by atoms with Crippen molar-refractivity contribution in [3.63, 3.8) is 0 Å². The van der Waals surface area contributed by atoms with Gasteiger partial charge in [0.25, 0.3) is 0 Å². The normalized spacial score (nSPS) is 10.7. The molecular formula is C15H11Cl2NO2. The van der Waals surface area contributed by atoms with E-state index in [-0.39, 0.29) is 11.5 Å². The highest BCUT2D eigenvalue weighted by molar-refractivity contribution is 6.42. The molecule has 0 saturated carbocycles. The summed E-state index contributed by atoms with van der Waals surface area (Å²) in [6.07, 6.45) is 2.81. The first kappa shape index (κ1) is 14.4. The Labute approximate surface area is 126 Å². The Morgan fingerprint density at radius 1 is 1.10 bits per heavy atom. The largest absolute Gasteiger partial charge is 0.506 e. The number of nitrogens with one attached hydrogen (secondary N) is 1. The highest BCUT2D eigenvalue weighted by Crippen LogP contribution is 2.23. The number of aromatic hydroxyl groups is 1. The maximum absolute atomic E-state index is 11.9. The summed E-state index contributed by atoms with van der Waals surface area (Å²) < 4.78 is 0. The Morgan fingerprint density at radius 3 is 2.55 bits per heavy atom. The number of allylic oxidation sites excluding steroid dienone is 1. The van der Waals surface area contributed by atoms with Crippen LogP contribution in [-0.2, 0) is 0 Å². The van der Waals surface area contributed by atoms with Gasteiger partial charge in [-0.25, -0.2) is 0 Å². The minimum Gasteiger partial charge on any atom is -0.506 e. The molecule has 0 aliphatic heterocycles. The van der Waals surface area contributed by atoms with Gasteiger partial charge in [0.05, 0.1) is 15.7 Å². The molecule has 2 N–H and O–H groups in total. The molecule has 0 atom stereocenters. The van der Waals surface area contributed by atoms with Crippen LogP contribution in [0.2, 0.25) is 10.0 Å². The lowest BCUT2D eigenvalue weighted by molar-refractivity contribution is 0.104. The number of halogens is 2. The van der Waals surface area contributed by atoms with Gasteiger partial charge in [0.15, 0.2) is 5.78 Å². The first-order valence-electron chi connectivity index (χ1n) is 5.78. The van der Waals surface area contributed by atoms with Gasteiger partial charge in [-0.2, -0.15) is 0 Å². The van der Waals surface area contributed by atoms with E-state index in [9.17, 15) is 9.90 Å². The number of carbonyl (C=O) groups is 1. The Hall–Kier alpha value is -1.97. The van der Waals surface area contributed by atoms with Gasteiger partial charge < -0.3 is 10.4 Å². The minimum atomic E-state index is -0.216. The zero-order chi connectivity index (χ0) is 14.5. The number of rotatable bonds is 4. The van der Waals surface area contributed by atoms with E-state index in [2.05, 4.69) is 5.32 Å². The Balaban J connectivity index is 2.06. The maximum atomic E-state index is 11.9. The third kappa shape index (κ3) is 3.53. The van der Waals surface area contributed by atoms with Crippen LogP contribution < -0.4 is 5.32 Å². The fraction of sp³-hybridized carbons (Fsp3) is 0. The topological polar surface area (TPSA) is 49.3 Å². The summed E-state index contributed by atoms with van der Waals surface area (Å²) >= 11 is 11.6. The molecule has 0 aliphatic carbocycles. The first-order valence-corrected chi connectivity index (χ1v) is 6.54. The quantitative estimate of drug-likeness (QED) is 0.496. The van der Waals surface area contributed by atoms with Crippen molar-refractivity contribution in [2.24, 2.45) is 0 Å². The fourth-order valence-electron chi connectivity index (χ4n) is 1.55. The second kappa shape index (κ2) is 6.46. The summed E-state index contributed by atoms with van der Waals surface area (Å²) in [7, 11) is 0. The van der Waals surface area contributed by atoms with Crippen LogP contribution in [0.25, 0.3) is 0 Å². The van der Waals surface area contributed by atoms with Crippen molar-refractivity contribution >= 4 is 34.7 Å². The third-order valence-electron chi connectivity index (χ3n) is 2.58. The van der Waals surface area contributed by atoms with E-state index in [1.807, 2.05) is 0 Å². The number of carbonyl (C=O) groups excluding carboxylic acids is 1. The van der Waals surface area contributed by atoms with Crippen molar-refractivity contribution < 1.29 is 9.90 Å². The van der Waals surface area contributed by atoms with Crippen LogP contribution in [0, 0.1) is 0 Å². The molecule has 2 rings (SSSR count). The molecule has 0 bridgehead atoms. The zero-order valence-electron chi connectivity index (χ0n) is 10.3. The van der Waals surface area contributed by atoms with Crippen molar-refractivity contribution in [3.05, 3.63) is 70.3 Å². The summed E-state index contributed by atoms with van der Waals surface area (Å²) in [5, 5.41) is 13.1. The van der Waals surface area contributed by atoms with E-state index in [4.69, 9.17) is 23.2 Å². The molecule has 0 aromatic heterocycles. The second-order valence-electron chi connectivity index (χ2n) is 3.99. The fourth-order valence-corrected chi connectivity index (χ4v) is 1.85. The average molecular weight is 308 g/mol. The molecule has 5 heteroatoms. The Morgan fingerprint density at radius 2 is 1.85 bits per heavy atom. The summed E-state index contributed by atoms with van der Waals surface area (Å²) in [6.45, 7) is 0. The van der Waals surface area contributed by atoms with Crippen molar-refractivity contribution in [1.82, 2.24) is 0 Å². The van der Waals surface area contributed by atoms with E-state index < -0.39 is 0 Å². The van der Waals surface area contributed by atoms with Crippen LogP contribution in [0.1, 0.15) is 10.4 Å². The van der Waals surface area contributed by atoms with Crippen molar-refractivity contribution in [2.75, 3.05) is 5.32 Å². The van der Waals surface area contributed by atoms with Crippen LogP contribution >= 0.6 is 23.2 Å². The molecule has 0 spiro atoms. The molecular weight excluding hydrogens is 297 g/mol. The molecule has 2 aromatic carbocycles. The smallest absolute Gasteiger partial charge is 0.187 e. The van der Waals surface area contributed by atoms with Crippen LogP contribution in [-0.4, -0.2) is 10.9 Å². The second-order valence-corrected chi connectivity index (χ2v) is 4.80. The maximum Gasteiger partial charge on any atom is 0.187 e. The van der Waals surface area contributed by atoms with Crippen molar-refractivity contribution in [2.45, 2.75) is 0 Å². The molecule has 20 heavy (non-hydrogen) atoms. The van der Waals surface area contributed by atoms with Gasteiger partial charge in [0, 0.05) is 17.8 Å². The molecule has 0 fully saturated rings. The first-order chi connectivity index (χ1) is 9.58. The van der Waals surface area contributed by atoms with Gasteiger partial charge in [-0.15, -0.1) is 0 Å². The number of phenolic OH excluding ortho intramolecular Hbond substituents is 1. The number of hydrogen-bond acceptors (Lipinski definition) is 3. The molecule has 0 radical (unpaired) electrons. The molecule has 102 valence electrons. The van der Waals surface area contributed by atoms with E-state index in [1.165, 1.54) is 18.3 Å². The molecule has 0 saturated heterocycles. The van der Waals surface area contributed by atoms with Crippen LogP contribution in [0.5, 0.6) is 5.75 Å². The molecule has 2 aromatic rings. The Kier molecular flexibility index (Phi) is 4.66. The number of hydrogen-bond donors (Lipinski definition) is 2. The average Bonchev–Trinajstić information content (AvgIpc) is 2.44. The van der Waals surface area contributed by atoms with E-state index in [0.717, 1.165) is 0 Å². The summed E-state index contributed by atoms with van der Waals surface area (Å²) in [5.74, 6) is -0.106. The summed E-state index contributed by atoms with van der Waals surface area (Å²) in [6, 6.07) is 11.4. The van der Waals surface area contributed by atoms with E-state index in [1.54, 1.807) is 36.4 Å². The summed E-state index contributed by atoms with van der Waals surface area (Å²) in [5.41, 5.74) is 0.959. The molecule has 0 unspecified atom stereocenters. The molecule has 0 heterocycles. The van der Waals surface area contributed by atoms with Crippen LogP contribution in [0.15, 0.2) is 54.7 Å². The van der Waals surface area contributed by atoms with Crippen molar-refractivity contribution in [3.8, 4) is 5.75 Å².